The van der Waals surface area contributed by atoms with Crippen LogP contribution in [0.2, 0.25) is 0 Å². The molecule has 0 saturated heterocycles. The molecule has 9 nitrogen and oxygen atoms in total. The van der Waals surface area contributed by atoms with E-state index in [-0.39, 0.29) is 35.2 Å². The number of anilines is 1. The van der Waals surface area contributed by atoms with E-state index >= 15 is 0 Å². The Bertz CT molecular complexity index is 1480. The highest BCUT2D eigenvalue weighted by Gasteiger charge is 2.40. The molecule has 188 valence electrons. The zero-order valence-electron chi connectivity index (χ0n) is 20.1. The van der Waals surface area contributed by atoms with Crippen molar-refractivity contribution in [3.8, 4) is 5.69 Å². The Morgan fingerprint density at radius 2 is 1.89 bits per heavy atom. The van der Waals surface area contributed by atoms with Gasteiger partial charge in [0.15, 0.2) is 0 Å². The van der Waals surface area contributed by atoms with E-state index in [0.717, 1.165) is 0 Å². The Hall–Kier alpha value is -3.48. The largest absolute Gasteiger partial charge is 0.359 e. The van der Waals surface area contributed by atoms with Crippen LogP contribution in [0.15, 0.2) is 52.1 Å². The van der Waals surface area contributed by atoms with Gasteiger partial charge in [0, 0.05) is 24.7 Å². The van der Waals surface area contributed by atoms with E-state index in [1.807, 2.05) is 22.6 Å². The van der Waals surface area contributed by atoms with Gasteiger partial charge >= 0.3 is 5.69 Å². The summed E-state index contributed by atoms with van der Waals surface area (Å²) in [6.07, 6.45) is -0.901. The average molecular weight is 605 g/mol. The number of aromatic amines is 1. The van der Waals surface area contributed by atoms with Crippen LogP contribution in [0.3, 0.4) is 0 Å². The lowest BCUT2D eigenvalue weighted by molar-refractivity contribution is -0.134. The van der Waals surface area contributed by atoms with Gasteiger partial charge in [-0.15, -0.1) is 0 Å². The molecule has 3 aromatic rings. The lowest BCUT2D eigenvalue weighted by Crippen LogP contribution is -2.49. The number of H-pyrrole nitrogens is 1. The number of amides is 2. The quantitative estimate of drug-likeness (QED) is 0.435. The average Bonchev–Trinajstić information content (AvgIpc) is 2.81. The summed E-state index contributed by atoms with van der Waals surface area (Å²) in [7, 11) is 4.83. The number of hydrogen-bond acceptors (Lipinski definition) is 5. The zero-order valence-corrected chi connectivity index (χ0v) is 22.3. The van der Waals surface area contributed by atoms with Crippen molar-refractivity contribution in [1.82, 2.24) is 19.4 Å². The Morgan fingerprint density at radius 1 is 1.17 bits per heavy atom. The van der Waals surface area contributed by atoms with Gasteiger partial charge in [0.25, 0.3) is 5.56 Å². The molecule has 1 aliphatic heterocycles. The molecule has 2 aromatic carbocycles. The summed E-state index contributed by atoms with van der Waals surface area (Å²) in [6, 6.07) is 11.4. The number of nitrogens with one attached hydrogen (secondary N) is 2. The third kappa shape index (κ3) is 4.66. The number of aromatic nitrogens is 2. The van der Waals surface area contributed by atoms with Crippen molar-refractivity contribution < 1.29 is 14.0 Å². The summed E-state index contributed by atoms with van der Waals surface area (Å²) in [5.74, 6) is -1.82. The Balaban J connectivity index is 1.90. The Kier molecular flexibility index (Phi) is 7.03. The van der Waals surface area contributed by atoms with E-state index in [1.165, 1.54) is 33.5 Å². The van der Waals surface area contributed by atoms with Crippen molar-refractivity contribution in [3.63, 3.8) is 0 Å². The van der Waals surface area contributed by atoms with Crippen LogP contribution in [0.5, 0.6) is 0 Å². The summed E-state index contributed by atoms with van der Waals surface area (Å²) in [6.45, 7) is 1.62. The van der Waals surface area contributed by atoms with Crippen molar-refractivity contribution in [2.45, 2.75) is 25.4 Å². The minimum Gasteiger partial charge on any atom is -0.359 e. The third-order valence-electron chi connectivity index (χ3n) is 6.22. The fourth-order valence-corrected chi connectivity index (χ4v) is 4.77. The van der Waals surface area contributed by atoms with E-state index in [1.54, 1.807) is 51.4 Å². The summed E-state index contributed by atoms with van der Waals surface area (Å²) >= 11 is 1.99. The lowest BCUT2D eigenvalue weighted by atomic mass is 9.93. The molecule has 0 saturated carbocycles. The molecule has 2 heterocycles. The van der Waals surface area contributed by atoms with Crippen LogP contribution in [0.1, 0.15) is 35.8 Å². The molecule has 2 N–H and O–H groups in total. The number of benzene rings is 2. The molecule has 1 aliphatic rings. The van der Waals surface area contributed by atoms with Crippen LogP contribution in [0.25, 0.3) is 5.69 Å². The second-order valence-corrected chi connectivity index (χ2v) is 10.1. The van der Waals surface area contributed by atoms with Crippen LogP contribution in [-0.4, -0.2) is 52.3 Å². The molecule has 1 aromatic heterocycles. The normalized spacial score (nSPS) is 17.1. The maximum absolute atomic E-state index is 14.7. The van der Waals surface area contributed by atoms with Gasteiger partial charge < -0.3 is 15.1 Å². The van der Waals surface area contributed by atoms with Gasteiger partial charge in [-0.2, -0.15) is 0 Å². The molecule has 2 unspecified atom stereocenters. The number of carbonyl (C=O) groups is 2. The summed E-state index contributed by atoms with van der Waals surface area (Å²) in [5.41, 5.74) is 0.156. The Morgan fingerprint density at radius 3 is 2.56 bits per heavy atom. The molecular weight excluding hydrogens is 580 g/mol. The van der Waals surface area contributed by atoms with Gasteiger partial charge in [-0.25, -0.2) is 9.18 Å². The predicted molar refractivity (Wildman–Crippen MR) is 142 cm³/mol. The number of fused-ring (bicyclic) bond motifs is 1. The van der Waals surface area contributed by atoms with Gasteiger partial charge in [-0.05, 0) is 65.4 Å². The fourth-order valence-electron chi connectivity index (χ4n) is 4.32. The van der Waals surface area contributed by atoms with Gasteiger partial charge in [0.05, 0.1) is 35.0 Å². The highest BCUT2D eigenvalue weighted by molar-refractivity contribution is 14.1. The van der Waals surface area contributed by atoms with Gasteiger partial charge in [0.2, 0.25) is 11.8 Å². The highest BCUT2D eigenvalue weighted by Crippen LogP contribution is 2.35. The summed E-state index contributed by atoms with van der Waals surface area (Å²) in [5, 5.41) is 2.96. The minimum atomic E-state index is -1.02. The molecule has 0 aliphatic carbocycles. The van der Waals surface area contributed by atoms with E-state index in [9.17, 15) is 23.6 Å². The molecule has 36 heavy (non-hydrogen) atoms. The fraction of sp³-hybridized carbons (Fsp3) is 0.280. The molecular formula is C25H25FIN5O4. The maximum Gasteiger partial charge on any atom is 0.333 e. The first-order chi connectivity index (χ1) is 17.0. The van der Waals surface area contributed by atoms with Crippen LogP contribution >= 0.6 is 22.6 Å². The summed E-state index contributed by atoms with van der Waals surface area (Å²) < 4.78 is 16.6. The monoisotopic (exact) mass is 605 g/mol. The maximum atomic E-state index is 14.7. The number of likely N-dealkylation sites (N-methyl/N-ethyl adjacent to an activating group) is 2. The standard InChI is InChI=1S/C25H25FIN5O4/c1-13-21-20(22(31(4)24(13)35)28-18-9-8-15(27)12-17(18)26)23(34)29-25(36)32(21)16-7-5-6-14(10-16)11-19(33)30(2)3/h5-10,12-13,22,28H,11H2,1-4H3,(H,29,34,36). The molecule has 4 rings (SSSR count). The molecule has 0 bridgehead atoms. The topological polar surface area (TPSA) is 108 Å². The molecule has 0 fully saturated rings. The van der Waals surface area contributed by atoms with Gasteiger partial charge in [-0.1, -0.05) is 12.1 Å². The smallest absolute Gasteiger partial charge is 0.333 e. The minimum absolute atomic E-state index is 0.113. The zero-order chi connectivity index (χ0) is 26.3. The number of nitrogens with zero attached hydrogens (tertiary/aromatic N) is 3. The lowest BCUT2D eigenvalue weighted by Gasteiger charge is -2.38. The first kappa shape index (κ1) is 25.6. The van der Waals surface area contributed by atoms with Crippen molar-refractivity contribution in [1.29, 1.82) is 0 Å². The second-order valence-electron chi connectivity index (χ2n) is 8.87. The van der Waals surface area contributed by atoms with Crippen LogP contribution < -0.4 is 16.6 Å². The summed E-state index contributed by atoms with van der Waals surface area (Å²) in [4.78, 5) is 56.8. The Labute approximate surface area is 220 Å². The number of hydrogen-bond donors (Lipinski definition) is 2. The van der Waals surface area contributed by atoms with Crippen LogP contribution in [-0.2, 0) is 16.0 Å². The van der Waals surface area contributed by atoms with Gasteiger partial charge in [-0.3, -0.25) is 23.9 Å². The molecule has 0 spiro atoms. The van der Waals surface area contributed by atoms with Crippen molar-refractivity contribution in [3.05, 3.63) is 89.5 Å². The molecule has 0 radical (unpaired) electrons. The molecule has 2 amide bonds. The first-order valence-electron chi connectivity index (χ1n) is 11.2. The number of carbonyl (C=O) groups excluding carboxylic acids is 2. The van der Waals surface area contributed by atoms with E-state index < -0.39 is 29.1 Å². The highest BCUT2D eigenvalue weighted by atomic mass is 127. The second kappa shape index (κ2) is 9.88. The predicted octanol–water partition coefficient (Wildman–Crippen LogP) is 2.59. The van der Waals surface area contributed by atoms with Crippen molar-refractivity contribution >= 4 is 40.1 Å². The number of halogens is 2. The van der Waals surface area contributed by atoms with E-state index in [2.05, 4.69) is 10.3 Å². The van der Waals surface area contributed by atoms with E-state index in [4.69, 9.17) is 0 Å². The van der Waals surface area contributed by atoms with E-state index in [0.29, 0.717) is 14.8 Å². The number of rotatable bonds is 5. The van der Waals surface area contributed by atoms with Crippen molar-refractivity contribution in [2.75, 3.05) is 26.5 Å². The van der Waals surface area contributed by atoms with Crippen LogP contribution in [0.4, 0.5) is 10.1 Å². The van der Waals surface area contributed by atoms with Crippen molar-refractivity contribution in [2.24, 2.45) is 0 Å². The third-order valence-corrected chi connectivity index (χ3v) is 6.89. The molecule has 2 atom stereocenters. The molecule has 11 heteroatoms. The van der Waals surface area contributed by atoms with Gasteiger partial charge in [0.1, 0.15) is 12.0 Å². The van der Waals surface area contributed by atoms with Crippen LogP contribution in [0, 0.1) is 9.39 Å². The first-order valence-corrected chi connectivity index (χ1v) is 12.2. The SMILES string of the molecule is CC1C(=O)N(C)C(Nc2ccc(I)cc2F)c2c1n(-c1cccc(CC(=O)N(C)C)c1)c(=O)[nH]c2=O.